The van der Waals surface area contributed by atoms with Crippen LogP contribution in [0.25, 0.3) is 6.08 Å². The summed E-state index contributed by atoms with van der Waals surface area (Å²) in [5.41, 5.74) is 0.806. The second-order valence-electron chi connectivity index (χ2n) is 5.75. The Balaban J connectivity index is 1.58. The predicted octanol–water partition coefficient (Wildman–Crippen LogP) is 2.73. The molecule has 0 saturated carbocycles. The number of hydrogen-bond acceptors (Lipinski definition) is 4. The molecule has 0 aliphatic carbocycles. The molecular weight excluding hydrogens is 338 g/mol. The summed E-state index contributed by atoms with van der Waals surface area (Å²) in [5.74, 6) is 0.282. The molecule has 2 saturated heterocycles. The first-order valence-electron chi connectivity index (χ1n) is 7.72. The van der Waals surface area contributed by atoms with Gasteiger partial charge in [0.15, 0.2) is 6.29 Å². The SMILES string of the molecule is O=S(=O)(/C=C/c1ccc(Cl)cc1)N1CCC(C2OCCO2)CC1. The molecule has 1 aromatic rings. The molecule has 0 aromatic heterocycles. The van der Waals surface area contributed by atoms with E-state index in [-0.39, 0.29) is 12.2 Å². The Hall–Kier alpha value is -0.920. The van der Waals surface area contributed by atoms with Crippen LogP contribution in [-0.2, 0) is 19.5 Å². The summed E-state index contributed by atoms with van der Waals surface area (Å²) >= 11 is 5.82. The fraction of sp³-hybridized carbons (Fsp3) is 0.500. The fourth-order valence-corrected chi connectivity index (χ4v) is 4.22. The smallest absolute Gasteiger partial charge is 0.236 e. The number of halogens is 1. The van der Waals surface area contributed by atoms with Crippen LogP contribution in [-0.4, -0.2) is 45.3 Å². The van der Waals surface area contributed by atoms with E-state index in [1.54, 1.807) is 30.3 Å². The molecule has 126 valence electrons. The first kappa shape index (κ1) is 16.9. The van der Waals surface area contributed by atoms with Crippen LogP contribution in [0.3, 0.4) is 0 Å². The lowest BCUT2D eigenvalue weighted by molar-refractivity contribution is -0.0937. The van der Waals surface area contributed by atoms with Crippen molar-refractivity contribution in [2.75, 3.05) is 26.3 Å². The highest BCUT2D eigenvalue weighted by Gasteiger charge is 2.33. The lowest BCUT2D eigenvalue weighted by Crippen LogP contribution is -2.40. The molecule has 0 bridgehead atoms. The van der Waals surface area contributed by atoms with Gasteiger partial charge in [-0.3, -0.25) is 0 Å². The number of rotatable bonds is 4. The predicted molar refractivity (Wildman–Crippen MR) is 89.4 cm³/mol. The lowest BCUT2D eigenvalue weighted by Gasteiger charge is -2.32. The maximum atomic E-state index is 12.4. The van der Waals surface area contributed by atoms with Crippen LogP contribution in [0.5, 0.6) is 0 Å². The summed E-state index contributed by atoms with van der Waals surface area (Å²) in [6.45, 7) is 2.27. The maximum Gasteiger partial charge on any atom is 0.236 e. The van der Waals surface area contributed by atoms with E-state index in [4.69, 9.17) is 21.1 Å². The van der Waals surface area contributed by atoms with Crippen LogP contribution in [0.15, 0.2) is 29.7 Å². The number of nitrogens with zero attached hydrogens (tertiary/aromatic N) is 1. The molecule has 0 radical (unpaired) electrons. The summed E-state index contributed by atoms with van der Waals surface area (Å²) in [4.78, 5) is 0. The van der Waals surface area contributed by atoms with E-state index in [0.717, 1.165) is 18.4 Å². The number of hydrogen-bond donors (Lipinski definition) is 0. The Morgan fingerprint density at radius 3 is 2.30 bits per heavy atom. The molecule has 2 heterocycles. The highest BCUT2D eigenvalue weighted by Crippen LogP contribution is 2.27. The van der Waals surface area contributed by atoms with Gasteiger partial charge in [-0.1, -0.05) is 23.7 Å². The molecule has 23 heavy (non-hydrogen) atoms. The van der Waals surface area contributed by atoms with Crippen molar-refractivity contribution in [2.24, 2.45) is 5.92 Å². The van der Waals surface area contributed by atoms with Crippen LogP contribution in [0.4, 0.5) is 0 Å². The topological polar surface area (TPSA) is 55.8 Å². The van der Waals surface area contributed by atoms with Crippen LogP contribution < -0.4 is 0 Å². The Kier molecular flexibility index (Phi) is 5.38. The van der Waals surface area contributed by atoms with Crippen molar-refractivity contribution in [3.05, 3.63) is 40.3 Å². The van der Waals surface area contributed by atoms with Crippen molar-refractivity contribution in [1.29, 1.82) is 0 Å². The minimum Gasteiger partial charge on any atom is -0.350 e. The Bertz CT molecular complexity index is 645. The number of benzene rings is 1. The molecule has 7 heteroatoms. The van der Waals surface area contributed by atoms with E-state index in [9.17, 15) is 8.42 Å². The van der Waals surface area contributed by atoms with Gasteiger partial charge in [-0.2, -0.15) is 4.31 Å². The van der Waals surface area contributed by atoms with Crippen LogP contribution in [0.2, 0.25) is 5.02 Å². The molecule has 5 nitrogen and oxygen atoms in total. The Morgan fingerprint density at radius 2 is 1.70 bits per heavy atom. The molecule has 0 spiro atoms. The van der Waals surface area contributed by atoms with Gasteiger partial charge in [0.1, 0.15) is 0 Å². The van der Waals surface area contributed by atoms with E-state index in [0.29, 0.717) is 31.3 Å². The number of sulfonamides is 1. The van der Waals surface area contributed by atoms with Crippen LogP contribution >= 0.6 is 11.6 Å². The minimum absolute atomic E-state index is 0.163. The highest BCUT2D eigenvalue weighted by molar-refractivity contribution is 7.92. The summed E-state index contributed by atoms with van der Waals surface area (Å²) in [5, 5.41) is 1.89. The zero-order chi connectivity index (χ0) is 16.3. The second-order valence-corrected chi connectivity index (χ2v) is 8.00. The zero-order valence-electron chi connectivity index (χ0n) is 12.7. The quantitative estimate of drug-likeness (QED) is 0.831. The van der Waals surface area contributed by atoms with Gasteiger partial charge < -0.3 is 9.47 Å². The Labute approximate surface area is 141 Å². The van der Waals surface area contributed by atoms with Gasteiger partial charge in [-0.15, -0.1) is 0 Å². The summed E-state index contributed by atoms with van der Waals surface area (Å²) < 4.78 is 37.4. The van der Waals surface area contributed by atoms with Crippen LogP contribution in [0.1, 0.15) is 18.4 Å². The molecule has 0 amide bonds. The maximum absolute atomic E-state index is 12.4. The van der Waals surface area contributed by atoms with Crippen molar-refractivity contribution < 1.29 is 17.9 Å². The summed E-state index contributed by atoms with van der Waals surface area (Å²) in [7, 11) is -3.40. The molecule has 2 fully saturated rings. The molecule has 2 aliphatic heterocycles. The van der Waals surface area contributed by atoms with Crippen molar-refractivity contribution in [3.63, 3.8) is 0 Å². The minimum atomic E-state index is -3.40. The first-order chi connectivity index (χ1) is 11.0. The summed E-state index contributed by atoms with van der Waals surface area (Å²) in [6, 6.07) is 7.05. The molecule has 0 atom stereocenters. The van der Waals surface area contributed by atoms with Crippen LogP contribution in [0, 0.1) is 5.92 Å². The van der Waals surface area contributed by atoms with E-state index < -0.39 is 10.0 Å². The lowest BCUT2D eigenvalue weighted by atomic mass is 9.98. The van der Waals surface area contributed by atoms with Crippen molar-refractivity contribution >= 4 is 27.7 Å². The standard InChI is InChI=1S/C16H20ClNO4S/c17-15-3-1-13(2-4-15)7-12-23(19,20)18-8-5-14(6-9-18)16-21-10-11-22-16/h1-4,7,12,14,16H,5-6,8-11H2/b12-7+. The average molecular weight is 358 g/mol. The van der Waals surface area contributed by atoms with Gasteiger partial charge in [0.2, 0.25) is 10.0 Å². The normalized spacial score (nSPS) is 22.1. The van der Waals surface area contributed by atoms with Crippen molar-refractivity contribution in [3.8, 4) is 0 Å². The molecule has 3 rings (SSSR count). The third-order valence-electron chi connectivity index (χ3n) is 4.19. The third kappa shape index (κ3) is 4.33. The molecule has 0 unspecified atom stereocenters. The average Bonchev–Trinajstić information content (AvgIpc) is 3.09. The van der Waals surface area contributed by atoms with Crippen molar-refractivity contribution in [1.82, 2.24) is 4.31 Å². The molecular formula is C16H20ClNO4S. The highest BCUT2D eigenvalue weighted by atomic mass is 35.5. The largest absolute Gasteiger partial charge is 0.350 e. The summed E-state index contributed by atoms with van der Waals surface area (Å²) in [6.07, 6.45) is 2.96. The van der Waals surface area contributed by atoms with Gasteiger partial charge >= 0.3 is 0 Å². The van der Waals surface area contributed by atoms with Gasteiger partial charge in [0.25, 0.3) is 0 Å². The van der Waals surface area contributed by atoms with E-state index in [1.165, 1.54) is 9.71 Å². The van der Waals surface area contributed by atoms with Gasteiger partial charge in [-0.05, 0) is 36.6 Å². The molecule has 0 N–H and O–H groups in total. The van der Waals surface area contributed by atoms with Gasteiger partial charge in [0, 0.05) is 29.4 Å². The van der Waals surface area contributed by atoms with E-state index in [1.807, 2.05) is 0 Å². The monoisotopic (exact) mass is 357 g/mol. The van der Waals surface area contributed by atoms with E-state index >= 15 is 0 Å². The third-order valence-corrected chi connectivity index (χ3v) is 6.01. The molecule has 1 aromatic carbocycles. The first-order valence-corrected chi connectivity index (χ1v) is 9.60. The zero-order valence-corrected chi connectivity index (χ0v) is 14.3. The number of piperidine rings is 1. The van der Waals surface area contributed by atoms with E-state index in [2.05, 4.69) is 0 Å². The number of ether oxygens (including phenoxy) is 2. The fourth-order valence-electron chi connectivity index (χ4n) is 2.88. The van der Waals surface area contributed by atoms with Gasteiger partial charge in [-0.25, -0.2) is 8.42 Å². The van der Waals surface area contributed by atoms with Crippen molar-refractivity contribution in [2.45, 2.75) is 19.1 Å². The Morgan fingerprint density at radius 1 is 1.09 bits per heavy atom. The van der Waals surface area contributed by atoms with Gasteiger partial charge in [0.05, 0.1) is 13.2 Å². The second kappa shape index (κ2) is 7.32. The molecule has 2 aliphatic rings.